The minimum Gasteiger partial charge on any atom is -0.494 e. The molecule has 0 saturated heterocycles. The quantitative estimate of drug-likeness (QED) is 0.0594. The molecule has 0 atom stereocenters. The Kier molecular flexibility index (Phi) is 27.4. The summed E-state index contributed by atoms with van der Waals surface area (Å²) in [5.74, 6) is 1.00. The third-order valence-corrected chi connectivity index (χ3v) is 7.06. The second-order valence-corrected chi connectivity index (χ2v) is 11.2. The molecule has 3 aromatic carbocycles. The summed E-state index contributed by atoms with van der Waals surface area (Å²) in [7, 11) is 1.39. The Balaban J connectivity index is 0. The lowest BCUT2D eigenvalue weighted by atomic mass is 9.87. The summed E-state index contributed by atoms with van der Waals surface area (Å²) in [6.07, 6.45) is 2.36. The molecule has 50 heavy (non-hydrogen) atoms. The van der Waals surface area contributed by atoms with Crippen LogP contribution in [0.2, 0.25) is 0 Å². The van der Waals surface area contributed by atoms with Gasteiger partial charge in [0.2, 0.25) is 0 Å². The van der Waals surface area contributed by atoms with E-state index in [1.807, 2.05) is 93.5 Å². The first kappa shape index (κ1) is 47.9. The van der Waals surface area contributed by atoms with Crippen LogP contribution in [0.5, 0.6) is 5.75 Å². The SMILES string of the molecule is CC.CC.CC.CC.CCOc1ccc(-c2cccc(CCC/C(=N/NCc3ccc(C(C)(C)C)cc3)N(CC)N=O)c2)cc1CC(=O)OC. The summed E-state index contributed by atoms with van der Waals surface area (Å²) in [5.41, 5.74) is 9.66. The van der Waals surface area contributed by atoms with Crippen LogP contribution in [-0.4, -0.2) is 37.1 Å². The Morgan fingerprint density at radius 1 is 0.820 bits per heavy atom. The zero-order valence-electron chi connectivity index (χ0n) is 33.8. The Labute approximate surface area is 305 Å². The van der Waals surface area contributed by atoms with Crippen LogP contribution in [0.25, 0.3) is 11.1 Å². The molecule has 0 aliphatic rings. The number of nitrogens with one attached hydrogen (secondary N) is 1. The molecule has 280 valence electrons. The highest BCUT2D eigenvalue weighted by Crippen LogP contribution is 2.29. The number of benzene rings is 3. The molecule has 0 heterocycles. The first-order valence-electron chi connectivity index (χ1n) is 18.6. The lowest BCUT2D eigenvalue weighted by Gasteiger charge is -2.19. The summed E-state index contributed by atoms with van der Waals surface area (Å²) in [6.45, 7) is 27.9. The van der Waals surface area contributed by atoms with Gasteiger partial charge in [-0.2, -0.15) is 5.10 Å². The molecule has 3 aromatic rings. The second-order valence-electron chi connectivity index (χ2n) is 11.2. The largest absolute Gasteiger partial charge is 0.494 e. The van der Waals surface area contributed by atoms with Crippen LogP contribution in [0.15, 0.2) is 77.1 Å². The second kappa shape index (κ2) is 28.6. The van der Waals surface area contributed by atoms with E-state index in [1.54, 1.807) is 0 Å². The van der Waals surface area contributed by atoms with Crippen LogP contribution in [-0.2, 0) is 34.3 Å². The number of methoxy groups -OCH3 is 1. The van der Waals surface area contributed by atoms with Crippen molar-refractivity contribution < 1.29 is 14.3 Å². The fourth-order valence-corrected chi connectivity index (χ4v) is 4.65. The predicted octanol–water partition coefficient (Wildman–Crippen LogP) is 11.3. The van der Waals surface area contributed by atoms with Crippen molar-refractivity contribution in [1.29, 1.82) is 0 Å². The lowest BCUT2D eigenvalue weighted by Crippen LogP contribution is -2.27. The number of rotatable bonds is 14. The van der Waals surface area contributed by atoms with E-state index in [1.165, 1.54) is 23.2 Å². The van der Waals surface area contributed by atoms with Crippen molar-refractivity contribution in [3.8, 4) is 16.9 Å². The van der Waals surface area contributed by atoms with Gasteiger partial charge in [-0.25, -0.2) is 5.01 Å². The number of hydrogen-bond donors (Lipinski definition) is 1. The van der Waals surface area contributed by atoms with Gasteiger partial charge in [-0.15, -0.1) is 4.91 Å². The molecule has 0 unspecified atom stereocenters. The van der Waals surface area contributed by atoms with Crippen LogP contribution in [0.1, 0.15) is 125 Å². The minimum atomic E-state index is -0.307. The Bertz CT molecular complexity index is 1350. The molecular formula is C42H68N4O4. The lowest BCUT2D eigenvalue weighted by molar-refractivity contribution is -0.139. The van der Waals surface area contributed by atoms with Gasteiger partial charge in [0.15, 0.2) is 0 Å². The van der Waals surface area contributed by atoms with Gasteiger partial charge < -0.3 is 14.9 Å². The summed E-state index contributed by atoms with van der Waals surface area (Å²) >= 11 is 0. The van der Waals surface area contributed by atoms with E-state index < -0.39 is 0 Å². The van der Waals surface area contributed by atoms with Crippen LogP contribution in [0, 0.1) is 4.91 Å². The fourth-order valence-electron chi connectivity index (χ4n) is 4.65. The molecule has 0 aliphatic carbocycles. The summed E-state index contributed by atoms with van der Waals surface area (Å²) in [6, 6.07) is 22.8. The summed E-state index contributed by atoms with van der Waals surface area (Å²) in [5, 5.41) is 9.11. The Hall–Kier alpha value is -4.20. The average molecular weight is 693 g/mol. The highest BCUT2D eigenvalue weighted by Gasteiger charge is 2.14. The van der Waals surface area contributed by atoms with Gasteiger partial charge in [0, 0.05) is 18.5 Å². The number of aryl methyl sites for hydroxylation is 1. The van der Waals surface area contributed by atoms with E-state index >= 15 is 0 Å². The van der Waals surface area contributed by atoms with Gasteiger partial charge in [-0.05, 0) is 72.1 Å². The van der Waals surface area contributed by atoms with Gasteiger partial charge in [0.05, 0.1) is 32.0 Å². The number of hydrazone groups is 1. The van der Waals surface area contributed by atoms with Crippen molar-refractivity contribution in [3.05, 3.63) is 93.9 Å². The smallest absolute Gasteiger partial charge is 0.310 e. The highest BCUT2D eigenvalue weighted by atomic mass is 16.5. The number of carbonyl (C=O) groups is 1. The van der Waals surface area contributed by atoms with Crippen molar-refractivity contribution in [1.82, 2.24) is 10.4 Å². The summed E-state index contributed by atoms with van der Waals surface area (Å²) < 4.78 is 10.6. The number of amidine groups is 1. The predicted molar refractivity (Wildman–Crippen MR) is 215 cm³/mol. The van der Waals surface area contributed by atoms with Gasteiger partial charge >= 0.3 is 5.97 Å². The number of ether oxygens (including phenoxy) is 2. The molecule has 0 aromatic heterocycles. The third-order valence-electron chi connectivity index (χ3n) is 7.06. The van der Waals surface area contributed by atoms with Crippen molar-refractivity contribution in [2.45, 2.75) is 128 Å². The Morgan fingerprint density at radius 3 is 1.98 bits per heavy atom. The van der Waals surface area contributed by atoms with E-state index in [0.29, 0.717) is 37.7 Å². The van der Waals surface area contributed by atoms with Crippen LogP contribution in [0.3, 0.4) is 0 Å². The number of nitrogens with zero attached hydrogens (tertiary/aromatic N) is 3. The Morgan fingerprint density at radius 2 is 1.44 bits per heavy atom. The van der Waals surface area contributed by atoms with Gasteiger partial charge in [-0.1, -0.05) is 131 Å². The maximum atomic E-state index is 12.0. The average Bonchev–Trinajstić information content (AvgIpc) is 3.16. The standard InChI is InChI=1S/C34H44N4O4.4C2H6/c1-7-38(37-40)32(36-35-24-26-15-18-30(19-16-26)34(3,4)5)14-10-12-25-11-9-13-27(21-25)28-17-20-31(42-8-2)29(22-28)23-33(39)41-6;4*1-2/h9,11,13,15-22,35H,7-8,10,12,14,23-24H2,1-6H3;4*1-2H3/b36-32-;;;;. The number of hydrogen-bond acceptors (Lipinski definition) is 7. The van der Waals surface area contributed by atoms with Gasteiger partial charge in [-0.3, -0.25) is 4.79 Å². The molecule has 1 N–H and O–H groups in total. The maximum Gasteiger partial charge on any atom is 0.310 e. The van der Waals surface area contributed by atoms with E-state index in [0.717, 1.165) is 35.1 Å². The van der Waals surface area contributed by atoms with Crippen LogP contribution < -0.4 is 10.2 Å². The third kappa shape index (κ3) is 17.5. The normalized spacial score (nSPS) is 10.2. The van der Waals surface area contributed by atoms with Gasteiger partial charge in [0.1, 0.15) is 11.6 Å². The zero-order valence-corrected chi connectivity index (χ0v) is 33.8. The molecular weight excluding hydrogens is 624 g/mol. The number of carbonyl (C=O) groups excluding carboxylic acids is 1. The fraction of sp³-hybridized carbons (Fsp3) is 0.524. The van der Waals surface area contributed by atoms with Crippen LogP contribution in [0.4, 0.5) is 0 Å². The van der Waals surface area contributed by atoms with Crippen molar-refractivity contribution >= 4 is 11.8 Å². The van der Waals surface area contributed by atoms with Crippen molar-refractivity contribution in [2.75, 3.05) is 20.3 Å². The monoisotopic (exact) mass is 693 g/mol. The molecule has 3 rings (SSSR count). The van der Waals surface area contributed by atoms with Crippen LogP contribution >= 0.6 is 0 Å². The number of esters is 1. The topological polar surface area (TPSA) is 92.6 Å². The van der Waals surface area contributed by atoms with E-state index in [2.05, 4.69) is 79.0 Å². The molecule has 0 fully saturated rings. The van der Waals surface area contributed by atoms with Gasteiger partial charge in [0.25, 0.3) is 0 Å². The van der Waals surface area contributed by atoms with Crippen molar-refractivity contribution in [2.24, 2.45) is 10.4 Å². The molecule has 8 heteroatoms. The summed E-state index contributed by atoms with van der Waals surface area (Å²) in [4.78, 5) is 23.5. The number of nitroso groups, excluding NO2 is 1. The molecule has 0 radical (unpaired) electrons. The minimum absolute atomic E-state index is 0.107. The molecule has 0 spiro atoms. The molecule has 0 amide bonds. The maximum absolute atomic E-state index is 12.0. The molecule has 8 nitrogen and oxygen atoms in total. The zero-order chi connectivity index (χ0) is 38.5. The molecule has 0 bridgehead atoms. The van der Waals surface area contributed by atoms with E-state index in [-0.39, 0.29) is 17.8 Å². The molecule has 0 aliphatic heterocycles. The first-order chi connectivity index (χ1) is 24.2. The first-order valence-corrected chi connectivity index (χ1v) is 18.6. The van der Waals surface area contributed by atoms with Crippen molar-refractivity contribution in [3.63, 3.8) is 0 Å². The highest BCUT2D eigenvalue weighted by molar-refractivity contribution is 5.81. The van der Waals surface area contributed by atoms with E-state index in [9.17, 15) is 9.70 Å². The van der Waals surface area contributed by atoms with E-state index in [4.69, 9.17) is 9.47 Å². The molecule has 0 saturated carbocycles.